The molecule has 0 radical (unpaired) electrons. The summed E-state index contributed by atoms with van der Waals surface area (Å²) in [5, 5.41) is 28.3. The molecule has 82 heavy (non-hydrogen) atoms. The minimum absolute atomic E-state index is 0.0150. The minimum atomic E-state index is -1.74. The van der Waals surface area contributed by atoms with E-state index < -0.39 is 36.1 Å². The Bertz CT molecular complexity index is 3160. The molecule has 2 aromatic heterocycles. The van der Waals surface area contributed by atoms with E-state index in [9.17, 15) is 28.0 Å². The van der Waals surface area contributed by atoms with Crippen molar-refractivity contribution in [2.75, 3.05) is 51.3 Å². The summed E-state index contributed by atoms with van der Waals surface area (Å²) >= 11 is 6.52. The Morgan fingerprint density at radius 2 is 1.18 bits per heavy atom. The Morgan fingerprint density at radius 3 is 1.67 bits per heavy atom. The van der Waals surface area contributed by atoms with E-state index in [4.69, 9.17) is 33.7 Å². The molecule has 0 bridgehead atoms. The van der Waals surface area contributed by atoms with Crippen molar-refractivity contribution in [1.29, 1.82) is 0 Å². The zero-order valence-corrected chi connectivity index (χ0v) is 49.6. The third-order valence-corrected chi connectivity index (χ3v) is 17.2. The van der Waals surface area contributed by atoms with Crippen LogP contribution >= 0.6 is 38.6 Å². The number of benzene rings is 4. The first-order valence-corrected chi connectivity index (χ1v) is 30.0. The van der Waals surface area contributed by atoms with Gasteiger partial charge < -0.3 is 49.1 Å². The Labute approximate surface area is 492 Å². The van der Waals surface area contributed by atoms with E-state index in [1.807, 2.05) is 16.8 Å². The number of rotatable bonds is 16. The molecule has 436 valence electrons. The molecule has 2 aliphatic carbocycles. The lowest BCUT2D eigenvalue weighted by molar-refractivity contribution is -0.118. The molecule has 4 heterocycles. The fourth-order valence-electron chi connectivity index (χ4n) is 11.0. The fourth-order valence-corrected chi connectivity index (χ4v) is 12.5. The van der Waals surface area contributed by atoms with Crippen molar-refractivity contribution in [2.24, 2.45) is 0 Å². The van der Waals surface area contributed by atoms with E-state index in [2.05, 4.69) is 73.3 Å². The third-order valence-electron chi connectivity index (χ3n) is 15.2. The monoisotopic (exact) mass is 1230 g/mol. The van der Waals surface area contributed by atoms with E-state index in [0.717, 1.165) is 130 Å². The summed E-state index contributed by atoms with van der Waals surface area (Å²) in [6.07, 6.45) is 16.6. The largest absolute Gasteiger partial charge is 0.490 e. The number of fused-ring (bicyclic) bond motifs is 2. The zero-order chi connectivity index (χ0) is 58.4. The topological polar surface area (TPSA) is 214 Å². The molecule has 2 saturated heterocycles. The van der Waals surface area contributed by atoms with Gasteiger partial charge in [-0.1, -0.05) is 26.0 Å². The number of hydrogen-bond donors (Lipinski definition) is 4. The molecule has 4 atom stereocenters. The van der Waals surface area contributed by atoms with Crippen LogP contribution in [0, 0.1) is 11.6 Å². The van der Waals surface area contributed by atoms with Gasteiger partial charge in [0.2, 0.25) is 11.8 Å². The van der Waals surface area contributed by atoms with E-state index in [0.29, 0.717) is 47.6 Å². The normalized spacial score (nSPS) is 20.0. The number of amides is 2. The van der Waals surface area contributed by atoms with Crippen molar-refractivity contribution in [3.8, 4) is 22.6 Å². The highest BCUT2D eigenvalue weighted by molar-refractivity contribution is 9.10. The van der Waals surface area contributed by atoms with Gasteiger partial charge in [-0.3, -0.25) is 9.59 Å². The van der Waals surface area contributed by atoms with Crippen LogP contribution in [0.15, 0.2) is 88.3 Å². The number of thiazole rings is 2. The van der Waals surface area contributed by atoms with E-state index in [1.54, 1.807) is 18.5 Å². The number of nitrogens with zero attached hydrogens (tertiary/aromatic N) is 2. The standard InChI is InChI=1S/C30H33FN2O5S.C22H27BrN2O3S.C8H8BFO4/c1-30(17-27(34)33-29-32-11-13-39-29)10-5-6-20-15-26(38-18-21-7-3-4-12-37-21)22(16-24(20)30)19-8-9-25(31)23(14-19)28(35)36-2;1-22(13-20(26)25-21-24-8-10-29-21)7-4-5-15-11-19(18(23)12-17(15)22)28-14-16-6-2-3-9-27-16;1-14-8(11)6-4-5(9(12)13)2-3-7(6)10/h8-9,11,13-16,21H,3-7,10,12,17-18H2,1-2H3,(H,32,33,34);8,10-12,16H,2-7,9,13-14H2,1H3,(H,24,25,26);2-4,12-13H,1H3. The number of anilines is 2. The van der Waals surface area contributed by atoms with Gasteiger partial charge in [-0.25, -0.2) is 28.3 Å². The highest BCUT2D eigenvalue weighted by atomic mass is 79.9. The van der Waals surface area contributed by atoms with Crippen molar-refractivity contribution >= 4 is 85.2 Å². The molecule has 4 N–H and O–H groups in total. The molecule has 6 aromatic rings. The maximum atomic E-state index is 14.5. The van der Waals surface area contributed by atoms with Crippen LogP contribution in [0.4, 0.5) is 19.0 Å². The first kappa shape index (κ1) is 61.9. The Hall–Kier alpha value is -6.14. The molecule has 22 heteroatoms. The number of methoxy groups -OCH3 is 2. The van der Waals surface area contributed by atoms with E-state index in [1.165, 1.54) is 65.5 Å². The van der Waals surface area contributed by atoms with Crippen LogP contribution in [0.5, 0.6) is 11.5 Å². The molecule has 2 amide bonds. The smallest absolute Gasteiger partial charge is 0.488 e. The summed E-state index contributed by atoms with van der Waals surface area (Å²) in [7, 11) is 0.608. The van der Waals surface area contributed by atoms with Crippen molar-refractivity contribution in [3.05, 3.63) is 133 Å². The summed E-state index contributed by atoms with van der Waals surface area (Å²) in [6, 6.07) is 16.0. The predicted molar refractivity (Wildman–Crippen MR) is 314 cm³/mol. The van der Waals surface area contributed by atoms with Gasteiger partial charge in [0.15, 0.2) is 10.3 Å². The lowest BCUT2D eigenvalue weighted by Crippen LogP contribution is -2.33. The second-order valence-electron chi connectivity index (χ2n) is 21.3. The molecule has 0 saturated carbocycles. The van der Waals surface area contributed by atoms with Gasteiger partial charge in [-0.05, 0) is 175 Å². The zero-order valence-electron chi connectivity index (χ0n) is 46.4. The third kappa shape index (κ3) is 16.1. The van der Waals surface area contributed by atoms with Crippen molar-refractivity contribution < 1.29 is 66.4 Å². The molecule has 16 nitrogen and oxygen atoms in total. The molecular formula is C60H68BBrF2N4O12S2. The van der Waals surface area contributed by atoms with Crippen LogP contribution in [-0.4, -0.2) is 104 Å². The number of aryl methyl sites for hydroxylation is 2. The SMILES string of the molecule is CC1(CC(=O)Nc2nccs2)CCCc2cc(OCC3CCCCO3)c(Br)cc21.COC(=O)c1cc(-c2cc3c(cc2OCC2CCCCO2)CCCC3(C)CC(=O)Nc2nccs2)ccc1F.COC(=O)c1cc(B(O)O)ccc1F. The Kier molecular flexibility index (Phi) is 21.8. The minimum Gasteiger partial charge on any atom is -0.490 e. The highest BCUT2D eigenvalue weighted by Gasteiger charge is 2.37. The summed E-state index contributed by atoms with van der Waals surface area (Å²) in [6.45, 7) is 6.86. The first-order chi connectivity index (χ1) is 39.4. The number of aromatic nitrogens is 2. The lowest BCUT2D eigenvalue weighted by Gasteiger charge is -2.36. The second-order valence-corrected chi connectivity index (χ2v) is 23.9. The second kappa shape index (κ2) is 28.9. The summed E-state index contributed by atoms with van der Waals surface area (Å²) in [5.41, 5.74) is 5.05. The molecule has 4 unspecified atom stereocenters. The molecular weight excluding hydrogens is 1160 g/mol. The van der Waals surface area contributed by atoms with Gasteiger partial charge in [0.1, 0.15) is 36.3 Å². The van der Waals surface area contributed by atoms with E-state index in [-0.39, 0.29) is 46.0 Å². The molecule has 10 rings (SSSR count). The van der Waals surface area contributed by atoms with Gasteiger partial charge in [0, 0.05) is 65.6 Å². The summed E-state index contributed by atoms with van der Waals surface area (Å²) in [4.78, 5) is 57.2. The van der Waals surface area contributed by atoms with Gasteiger partial charge in [-0.15, -0.1) is 22.7 Å². The van der Waals surface area contributed by atoms with Crippen LogP contribution in [0.3, 0.4) is 0 Å². The van der Waals surface area contributed by atoms with Crippen molar-refractivity contribution in [3.63, 3.8) is 0 Å². The number of halogens is 3. The van der Waals surface area contributed by atoms with Crippen LogP contribution in [0.1, 0.15) is 134 Å². The van der Waals surface area contributed by atoms with Gasteiger partial charge in [0.05, 0.1) is 42.0 Å². The molecule has 4 aromatic carbocycles. The van der Waals surface area contributed by atoms with Crippen LogP contribution in [0.25, 0.3) is 11.1 Å². The average molecular weight is 1230 g/mol. The summed E-state index contributed by atoms with van der Waals surface area (Å²) < 4.78 is 61.7. The molecule has 4 aliphatic rings. The number of esters is 2. The van der Waals surface area contributed by atoms with E-state index >= 15 is 0 Å². The van der Waals surface area contributed by atoms with Crippen LogP contribution in [-0.2, 0) is 52.2 Å². The molecule has 2 fully saturated rings. The average Bonchev–Trinajstić information content (AvgIpc) is 4.21. The Morgan fingerprint density at radius 1 is 0.683 bits per heavy atom. The van der Waals surface area contributed by atoms with Crippen molar-refractivity contribution in [2.45, 2.75) is 127 Å². The van der Waals surface area contributed by atoms with Crippen LogP contribution < -0.4 is 25.6 Å². The van der Waals surface area contributed by atoms with Gasteiger partial charge in [0.25, 0.3) is 0 Å². The predicted octanol–water partition coefficient (Wildman–Crippen LogP) is 11.1. The maximum absolute atomic E-state index is 14.5. The number of hydrogen-bond acceptors (Lipinski definition) is 16. The van der Waals surface area contributed by atoms with Gasteiger partial charge in [-0.2, -0.15) is 0 Å². The quantitative estimate of drug-likeness (QED) is 0.0524. The number of nitrogens with one attached hydrogen (secondary N) is 2. The number of carbonyl (C=O) groups excluding carboxylic acids is 4. The number of carbonyl (C=O) groups is 4. The van der Waals surface area contributed by atoms with Crippen molar-refractivity contribution in [1.82, 2.24) is 9.97 Å². The fraction of sp³-hybridized carbons (Fsp3) is 0.433. The highest BCUT2D eigenvalue weighted by Crippen LogP contribution is 2.46. The number of ether oxygens (including phenoxy) is 6. The first-order valence-electron chi connectivity index (χ1n) is 27.5. The van der Waals surface area contributed by atoms with Gasteiger partial charge >= 0.3 is 19.1 Å². The summed E-state index contributed by atoms with van der Waals surface area (Å²) in [5.74, 6) is -1.56. The molecule has 2 aliphatic heterocycles. The maximum Gasteiger partial charge on any atom is 0.488 e. The molecule has 0 spiro atoms. The Balaban J connectivity index is 0.000000179. The van der Waals surface area contributed by atoms with Crippen LogP contribution in [0.2, 0.25) is 0 Å². The lowest BCUT2D eigenvalue weighted by atomic mass is 9.68.